The summed E-state index contributed by atoms with van der Waals surface area (Å²) in [5, 5.41) is 0. The number of Topliss-reactive ketones (excluding diaryl/α,β-unsaturated/α-hetero) is 1. The molecule has 80 valence electrons. The molecule has 0 saturated carbocycles. The van der Waals surface area contributed by atoms with Crippen molar-refractivity contribution >= 4 is 17.5 Å². The van der Waals surface area contributed by atoms with Crippen LogP contribution in [0, 0.1) is 17.6 Å². The fourth-order valence-electron chi connectivity index (χ4n) is 1.66. The third-order valence-corrected chi connectivity index (χ3v) is 3.66. The Labute approximate surface area is 90.9 Å². The molecule has 0 N–H and O–H groups in total. The molecule has 1 aliphatic rings. The monoisotopic (exact) mass is 228 g/mol. The predicted molar refractivity (Wildman–Crippen MR) is 55.9 cm³/mol. The summed E-state index contributed by atoms with van der Waals surface area (Å²) in [4.78, 5) is 11.3. The van der Waals surface area contributed by atoms with E-state index in [1.807, 2.05) is 0 Å². The summed E-state index contributed by atoms with van der Waals surface area (Å²) in [6.07, 6.45) is 0.185. The second-order valence-corrected chi connectivity index (χ2v) is 4.61. The van der Waals surface area contributed by atoms with E-state index in [2.05, 4.69) is 0 Å². The van der Waals surface area contributed by atoms with Crippen molar-refractivity contribution in [2.75, 3.05) is 11.5 Å². The minimum absolute atomic E-state index is 0.0401. The van der Waals surface area contributed by atoms with Crippen molar-refractivity contribution in [1.29, 1.82) is 0 Å². The highest BCUT2D eigenvalue weighted by Crippen LogP contribution is 2.25. The number of thioether (sulfide) groups is 1. The quantitative estimate of drug-likeness (QED) is 0.773. The standard InChI is InChI=1S/C11H10F2OS/c12-9-2-1-3-10(13)8(9)4-7-5-15-6-11(7)14/h1-3,7H,4-6H2. The normalized spacial score (nSPS) is 20.9. The van der Waals surface area contributed by atoms with Crippen LogP contribution in [0.5, 0.6) is 0 Å². The van der Waals surface area contributed by atoms with Gasteiger partial charge in [-0.25, -0.2) is 8.78 Å². The molecule has 0 aromatic heterocycles. The van der Waals surface area contributed by atoms with Crippen molar-refractivity contribution in [3.05, 3.63) is 35.4 Å². The first-order chi connectivity index (χ1) is 7.18. The van der Waals surface area contributed by atoms with Crippen LogP contribution in [0.1, 0.15) is 5.56 Å². The average Bonchev–Trinajstić information content (AvgIpc) is 2.58. The lowest BCUT2D eigenvalue weighted by Gasteiger charge is -2.08. The predicted octanol–water partition coefficient (Wildman–Crippen LogP) is 2.44. The first-order valence-electron chi connectivity index (χ1n) is 4.72. The van der Waals surface area contributed by atoms with Crippen LogP contribution in [0.2, 0.25) is 0 Å². The number of ketones is 1. The lowest BCUT2D eigenvalue weighted by Crippen LogP contribution is -2.15. The number of hydrogen-bond donors (Lipinski definition) is 0. The number of carbonyl (C=O) groups excluding carboxylic acids is 1. The minimum atomic E-state index is -0.556. The smallest absolute Gasteiger partial charge is 0.146 e. The van der Waals surface area contributed by atoms with Gasteiger partial charge in [-0.05, 0) is 18.6 Å². The summed E-state index contributed by atoms with van der Waals surface area (Å²) in [5.41, 5.74) is 0.0401. The molecule has 1 aromatic rings. The number of hydrogen-bond acceptors (Lipinski definition) is 2. The van der Waals surface area contributed by atoms with Gasteiger partial charge in [0.2, 0.25) is 0 Å². The summed E-state index contributed by atoms with van der Waals surface area (Å²) < 4.78 is 26.5. The second-order valence-electron chi connectivity index (χ2n) is 3.58. The molecule has 1 aromatic carbocycles. The summed E-state index contributed by atoms with van der Waals surface area (Å²) in [7, 11) is 0. The van der Waals surface area contributed by atoms with Gasteiger partial charge in [0, 0.05) is 17.2 Å². The number of benzene rings is 1. The van der Waals surface area contributed by atoms with Crippen LogP contribution in [0.3, 0.4) is 0 Å². The first kappa shape index (κ1) is 10.6. The molecule has 0 aliphatic carbocycles. The third-order valence-electron chi connectivity index (χ3n) is 2.53. The molecule has 1 nitrogen and oxygen atoms in total. The van der Waals surface area contributed by atoms with E-state index in [-0.39, 0.29) is 23.7 Å². The van der Waals surface area contributed by atoms with Gasteiger partial charge in [-0.1, -0.05) is 6.07 Å². The van der Waals surface area contributed by atoms with Gasteiger partial charge in [-0.2, -0.15) is 11.8 Å². The molecule has 0 spiro atoms. The maximum atomic E-state index is 13.3. The molecule has 15 heavy (non-hydrogen) atoms. The fraction of sp³-hybridized carbons (Fsp3) is 0.364. The van der Waals surface area contributed by atoms with E-state index in [1.54, 1.807) is 0 Å². The third kappa shape index (κ3) is 2.20. The highest BCUT2D eigenvalue weighted by molar-refractivity contribution is 8.00. The van der Waals surface area contributed by atoms with Crippen LogP contribution in [0.4, 0.5) is 8.78 Å². The molecule has 1 fully saturated rings. The van der Waals surface area contributed by atoms with Gasteiger partial charge in [0.25, 0.3) is 0 Å². The Morgan fingerprint density at radius 3 is 2.53 bits per heavy atom. The van der Waals surface area contributed by atoms with Crippen molar-refractivity contribution in [1.82, 2.24) is 0 Å². The number of rotatable bonds is 2. The maximum Gasteiger partial charge on any atom is 0.146 e. The van der Waals surface area contributed by atoms with Gasteiger partial charge in [-0.15, -0.1) is 0 Å². The highest BCUT2D eigenvalue weighted by Gasteiger charge is 2.27. The largest absolute Gasteiger partial charge is 0.298 e. The second kappa shape index (κ2) is 4.31. The summed E-state index contributed by atoms with van der Waals surface area (Å²) in [6.45, 7) is 0. The van der Waals surface area contributed by atoms with Crippen LogP contribution in [-0.4, -0.2) is 17.3 Å². The van der Waals surface area contributed by atoms with Crippen molar-refractivity contribution in [2.24, 2.45) is 5.92 Å². The molecule has 2 rings (SSSR count). The number of halogens is 2. The Kier molecular flexibility index (Phi) is 3.05. The zero-order chi connectivity index (χ0) is 10.8. The van der Waals surface area contributed by atoms with Crippen molar-refractivity contribution < 1.29 is 13.6 Å². The van der Waals surface area contributed by atoms with E-state index < -0.39 is 11.6 Å². The fourth-order valence-corrected chi connectivity index (χ4v) is 2.80. The van der Waals surface area contributed by atoms with E-state index in [0.717, 1.165) is 0 Å². The molecule has 1 unspecified atom stereocenters. The summed E-state index contributed by atoms with van der Waals surface area (Å²) >= 11 is 1.53. The molecule has 1 aliphatic heterocycles. The Bertz CT molecular complexity index is 372. The SMILES string of the molecule is O=C1CSCC1Cc1c(F)cccc1F. The minimum Gasteiger partial charge on any atom is -0.298 e. The first-order valence-corrected chi connectivity index (χ1v) is 5.87. The lowest BCUT2D eigenvalue weighted by atomic mass is 9.97. The van der Waals surface area contributed by atoms with Gasteiger partial charge in [-0.3, -0.25) is 4.79 Å². The summed E-state index contributed by atoms with van der Waals surface area (Å²) in [6, 6.07) is 3.79. The van der Waals surface area contributed by atoms with Crippen molar-refractivity contribution in [3.8, 4) is 0 Å². The van der Waals surface area contributed by atoms with E-state index >= 15 is 0 Å². The van der Waals surface area contributed by atoms with Gasteiger partial charge in [0.1, 0.15) is 17.4 Å². The molecular weight excluding hydrogens is 218 g/mol. The summed E-state index contributed by atoms with van der Waals surface area (Å²) in [5.74, 6) is -0.0867. The van der Waals surface area contributed by atoms with Crippen LogP contribution >= 0.6 is 11.8 Å². The highest BCUT2D eigenvalue weighted by atomic mass is 32.2. The zero-order valence-corrected chi connectivity index (χ0v) is 8.82. The molecule has 0 radical (unpaired) electrons. The van der Waals surface area contributed by atoms with Gasteiger partial charge < -0.3 is 0 Å². The Morgan fingerprint density at radius 2 is 2.00 bits per heavy atom. The number of carbonyl (C=O) groups is 1. The van der Waals surface area contributed by atoms with Gasteiger partial charge >= 0.3 is 0 Å². The van der Waals surface area contributed by atoms with Crippen LogP contribution in [0.15, 0.2) is 18.2 Å². The zero-order valence-electron chi connectivity index (χ0n) is 8.00. The topological polar surface area (TPSA) is 17.1 Å². The van der Waals surface area contributed by atoms with Crippen LogP contribution < -0.4 is 0 Å². The van der Waals surface area contributed by atoms with E-state index in [4.69, 9.17) is 0 Å². The van der Waals surface area contributed by atoms with Crippen LogP contribution in [-0.2, 0) is 11.2 Å². The lowest BCUT2D eigenvalue weighted by molar-refractivity contribution is -0.119. The maximum absolute atomic E-state index is 13.3. The van der Waals surface area contributed by atoms with Crippen molar-refractivity contribution in [2.45, 2.75) is 6.42 Å². The van der Waals surface area contributed by atoms with E-state index in [9.17, 15) is 13.6 Å². The Balaban J connectivity index is 2.20. The molecule has 1 saturated heterocycles. The van der Waals surface area contributed by atoms with Crippen molar-refractivity contribution in [3.63, 3.8) is 0 Å². The Hall–Kier alpha value is -0.900. The molecular formula is C11H10F2OS. The molecule has 1 atom stereocenters. The molecule has 1 heterocycles. The van der Waals surface area contributed by atoms with E-state index in [1.165, 1.54) is 30.0 Å². The average molecular weight is 228 g/mol. The molecule has 0 bridgehead atoms. The Morgan fingerprint density at radius 1 is 1.33 bits per heavy atom. The van der Waals surface area contributed by atoms with Crippen LogP contribution in [0.25, 0.3) is 0 Å². The van der Waals surface area contributed by atoms with Gasteiger partial charge in [0.15, 0.2) is 0 Å². The molecule has 4 heteroatoms. The van der Waals surface area contributed by atoms with E-state index in [0.29, 0.717) is 11.5 Å². The molecule has 0 amide bonds. The van der Waals surface area contributed by atoms with Gasteiger partial charge in [0.05, 0.1) is 5.75 Å².